The Labute approximate surface area is 152 Å². The molecule has 144 valence electrons. The number of carbonyl (C=O) groups excluding carboxylic acids is 2. The summed E-state index contributed by atoms with van der Waals surface area (Å²) < 4.78 is 5.61. The minimum absolute atomic E-state index is 0.0957. The molecule has 0 fully saturated rings. The van der Waals surface area contributed by atoms with Crippen LogP contribution in [0.2, 0.25) is 0 Å². The van der Waals surface area contributed by atoms with Crippen LogP contribution in [0.5, 0.6) is 5.88 Å². The lowest BCUT2D eigenvalue weighted by Gasteiger charge is -2.23. The Balaban J connectivity index is 0.000000590. The van der Waals surface area contributed by atoms with Crippen LogP contribution in [0.1, 0.15) is 45.2 Å². The lowest BCUT2D eigenvalue weighted by Crippen LogP contribution is -2.31. The van der Waals surface area contributed by atoms with Crippen LogP contribution in [0, 0.1) is 23.7 Å². The van der Waals surface area contributed by atoms with Gasteiger partial charge in [0.1, 0.15) is 23.8 Å². The van der Waals surface area contributed by atoms with Gasteiger partial charge in [0, 0.05) is 24.6 Å². The van der Waals surface area contributed by atoms with Crippen molar-refractivity contribution in [1.29, 1.82) is 5.26 Å². The number of aromatic hydroxyl groups is 1. The molecule has 0 saturated carbocycles. The summed E-state index contributed by atoms with van der Waals surface area (Å²) in [6.45, 7) is 8.58. The molecule has 1 aromatic rings. The van der Waals surface area contributed by atoms with Gasteiger partial charge < -0.3 is 14.9 Å². The Morgan fingerprint density at radius 3 is 2.38 bits per heavy atom. The van der Waals surface area contributed by atoms with E-state index in [-0.39, 0.29) is 42.4 Å². The second-order valence-electron chi connectivity index (χ2n) is 6.57. The molecule has 2 N–H and O–H groups in total. The fourth-order valence-electron chi connectivity index (χ4n) is 1.94. The Morgan fingerprint density at radius 2 is 1.96 bits per heavy atom. The number of ether oxygens (including phenoxy) is 1. The van der Waals surface area contributed by atoms with Gasteiger partial charge in [-0.05, 0) is 26.3 Å². The zero-order valence-electron chi connectivity index (χ0n) is 15.8. The molecule has 1 heterocycles. The second-order valence-corrected chi connectivity index (χ2v) is 6.57. The zero-order chi connectivity index (χ0) is 20.5. The van der Waals surface area contributed by atoms with Crippen molar-refractivity contribution in [3.05, 3.63) is 27.5 Å². The van der Waals surface area contributed by atoms with Crippen molar-refractivity contribution in [2.75, 3.05) is 13.2 Å². The normalized spacial score (nSPS) is 10.3. The molecular formula is C18H26N2O6. The number of aliphatic hydroxyl groups excluding tert-OH is 1. The average Bonchev–Trinajstić information content (AvgIpc) is 2.52. The van der Waals surface area contributed by atoms with E-state index in [0.717, 1.165) is 4.57 Å². The Hall–Kier alpha value is -2.66. The molecule has 0 aliphatic carbocycles. The maximum absolute atomic E-state index is 11.7. The number of carbonyl (C=O) groups is 2. The number of nitrogens with zero attached hydrogens (tertiary/aromatic N) is 2. The standard InChI is InChI=1S/C12H16N2O3.C6H10O3/c1-8-4-10(16)14(6-12(2,3)7-15)11(17)9(8)5-13;1-3-9-6(8)4-5(2)7/h4,15,17H,6-7H2,1-3H3;3-4H2,1-2H3. The van der Waals surface area contributed by atoms with Crippen LogP contribution in [0.15, 0.2) is 10.9 Å². The number of aryl methyl sites for hydroxylation is 1. The predicted molar refractivity (Wildman–Crippen MR) is 94.6 cm³/mol. The highest BCUT2D eigenvalue weighted by atomic mass is 16.5. The molecule has 1 rings (SSSR count). The molecule has 0 unspecified atom stereocenters. The third kappa shape index (κ3) is 7.49. The summed E-state index contributed by atoms with van der Waals surface area (Å²) in [6, 6.07) is 3.17. The number of esters is 1. The number of aromatic nitrogens is 1. The molecule has 0 aromatic carbocycles. The molecule has 0 radical (unpaired) electrons. The quantitative estimate of drug-likeness (QED) is 0.573. The predicted octanol–water partition coefficient (Wildman–Crippen LogP) is 1.28. The molecule has 0 saturated heterocycles. The maximum atomic E-state index is 11.7. The van der Waals surface area contributed by atoms with Crippen molar-refractivity contribution in [3.63, 3.8) is 0 Å². The molecule has 0 aliphatic heterocycles. The van der Waals surface area contributed by atoms with Crippen LogP contribution in [-0.2, 0) is 20.9 Å². The molecule has 1 aromatic heterocycles. The Bertz CT molecular complexity index is 743. The minimum atomic E-state index is -0.538. The number of ketones is 1. The van der Waals surface area contributed by atoms with Crippen molar-refractivity contribution < 1.29 is 24.5 Å². The highest BCUT2D eigenvalue weighted by Gasteiger charge is 2.21. The van der Waals surface area contributed by atoms with Crippen LogP contribution in [-0.4, -0.2) is 39.7 Å². The number of aliphatic hydroxyl groups is 1. The number of hydrogen-bond donors (Lipinski definition) is 2. The first-order chi connectivity index (χ1) is 12.0. The van der Waals surface area contributed by atoms with E-state index >= 15 is 0 Å². The molecule has 0 bridgehead atoms. The number of Topliss-reactive ketones (excluding diaryl/α,β-unsaturated/α-hetero) is 1. The van der Waals surface area contributed by atoms with E-state index in [1.54, 1.807) is 27.7 Å². The summed E-state index contributed by atoms with van der Waals surface area (Å²) in [7, 11) is 0. The second kappa shape index (κ2) is 10.4. The fraction of sp³-hybridized carbons (Fsp3) is 0.556. The summed E-state index contributed by atoms with van der Waals surface area (Å²) >= 11 is 0. The van der Waals surface area contributed by atoms with Crippen molar-refractivity contribution in [3.8, 4) is 11.9 Å². The molecule has 0 amide bonds. The van der Waals surface area contributed by atoms with Gasteiger partial charge in [0.25, 0.3) is 5.56 Å². The van der Waals surface area contributed by atoms with Crippen LogP contribution in [0.3, 0.4) is 0 Å². The zero-order valence-corrected chi connectivity index (χ0v) is 15.8. The largest absolute Gasteiger partial charge is 0.493 e. The fourth-order valence-corrected chi connectivity index (χ4v) is 1.94. The number of hydrogen-bond acceptors (Lipinski definition) is 7. The van der Waals surface area contributed by atoms with Crippen molar-refractivity contribution in [1.82, 2.24) is 4.57 Å². The van der Waals surface area contributed by atoms with Gasteiger partial charge >= 0.3 is 5.97 Å². The van der Waals surface area contributed by atoms with E-state index in [2.05, 4.69) is 4.74 Å². The van der Waals surface area contributed by atoms with Crippen LogP contribution in [0.4, 0.5) is 0 Å². The first kappa shape index (κ1) is 23.3. The van der Waals surface area contributed by atoms with Gasteiger partial charge in [-0.1, -0.05) is 13.8 Å². The van der Waals surface area contributed by atoms with Crippen LogP contribution >= 0.6 is 0 Å². The molecule has 8 nitrogen and oxygen atoms in total. The molecule has 0 spiro atoms. The maximum Gasteiger partial charge on any atom is 0.313 e. The van der Waals surface area contributed by atoms with Gasteiger partial charge in [-0.2, -0.15) is 5.26 Å². The highest BCUT2D eigenvalue weighted by molar-refractivity contribution is 5.94. The summed E-state index contributed by atoms with van der Waals surface area (Å²) in [6.07, 6.45) is -0.103. The third-order valence-electron chi connectivity index (χ3n) is 3.30. The van der Waals surface area contributed by atoms with Gasteiger partial charge in [-0.15, -0.1) is 0 Å². The van der Waals surface area contributed by atoms with E-state index in [4.69, 9.17) is 10.4 Å². The highest BCUT2D eigenvalue weighted by Crippen LogP contribution is 2.22. The van der Waals surface area contributed by atoms with Gasteiger partial charge in [0.05, 0.1) is 6.61 Å². The van der Waals surface area contributed by atoms with Gasteiger partial charge in [0.2, 0.25) is 5.88 Å². The monoisotopic (exact) mass is 366 g/mol. The minimum Gasteiger partial charge on any atom is -0.493 e. The van der Waals surface area contributed by atoms with Crippen molar-refractivity contribution >= 4 is 11.8 Å². The molecule has 0 aliphatic rings. The number of nitriles is 1. The Kier molecular flexibility index (Phi) is 9.30. The van der Waals surface area contributed by atoms with Gasteiger partial charge in [-0.25, -0.2) is 0 Å². The summed E-state index contributed by atoms with van der Waals surface area (Å²) in [5, 5.41) is 27.9. The van der Waals surface area contributed by atoms with Crippen LogP contribution in [0.25, 0.3) is 0 Å². The number of rotatable bonds is 6. The number of pyridine rings is 1. The summed E-state index contributed by atoms with van der Waals surface area (Å²) in [5.41, 5.74) is -0.365. The van der Waals surface area contributed by atoms with E-state index < -0.39 is 11.4 Å². The van der Waals surface area contributed by atoms with E-state index in [9.17, 15) is 19.5 Å². The van der Waals surface area contributed by atoms with Gasteiger partial charge in [0.15, 0.2) is 0 Å². The van der Waals surface area contributed by atoms with Crippen molar-refractivity contribution in [2.24, 2.45) is 5.41 Å². The lowest BCUT2D eigenvalue weighted by molar-refractivity contribution is -0.145. The summed E-state index contributed by atoms with van der Waals surface area (Å²) in [5.74, 6) is -0.933. The summed E-state index contributed by atoms with van der Waals surface area (Å²) in [4.78, 5) is 32.4. The van der Waals surface area contributed by atoms with E-state index in [1.807, 2.05) is 6.07 Å². The first-order valence-electron chi connectivity index (χ1n) is 8.08. The van der Waals surface area contributed by atoms with Crippen LogP contribution < -0.4 is 5.56 Å². The molecule has 26 heavy (non-hydrogen) atoms. The molecular weight excluding hydrogens is 340 g/mol. The molecule has 0 atom stereocenters. The topological polar surface area (TPSA) is 130 Å². The van der Waals surface area contributed by atoms with E-state index in [0.29, 0.717) is 12.2 Å². The average molecular weight is 366 g/mol. The Morgan fingerprint density at radius 1 is 1.38 bits per heavy atom. The smallest absolute Gasteiger partial charge is 0.313 e. The third-order valence-corrected chi connectivity index (χ3v) is 3.30. The van der Waals surface area contributed by atoms with Crippen molar-refractivity contribution in [2.45, 2.75) is 47.6 Å². The van der Waals surface area contributed by atoms with E-state index in [1.165, 1.54) is 13.0 Å². The lowest BCUT2D eigenvalue weighted by atomic mass is 9.94. The SMILES string of the molecule is CCOC(=O)CC(C)=O.Cc1cc(=O)n(CC(C)(C)CO)c(O)c1C#N. The van der Waals surface area contributed by atoms with Gasteiger partial charge in [-0.3, -0.25) is 19.0 Å². The molecule has 8 heteroatoms. The first-order valence-corrected chi connectivity index (χ1v) is 8.08.